The number of fused-ring (bicyclic) bond motifs is 1. The normalized spacial score (nSPS) is 17.5. The van der Waals surface area contributed by atoms with Crippen LogP contribution in [0.25, 0.3) is 10.8 Å². The number of morpholine rings is 1. The van der Waals surface area contributed by atoms with Crippen molar-refractivity contribution in [2.75, 3.05) is 19.7 Å². The summed E-state index contributed by atoms with van der Waals surface area (Å²) in [6, 6.07) is 15.1. The molecule has 1 aliphatic heterocycles. The van der Waals surface area contributed by atoms with Crippen molar-refractivity contribution in [3.8, 4) is 0 Å². The fourth-order valence-electron chi connectivity index (χ4n) is 3.11. The maximum Gasteiger partial charge on any atom is 0.272 e. The average molecular weight is 387 g/mol. The molecule has 0 saturated carbocycles. The minimum atomic E-state index is -0.233. The van der Waals surface area contributed by atoms with Crippen LogP contribution in [0, 0.1) is 0 Å². The molecule has 0 radical (unpaired) electrons. The van der Waals surface area contributed by atoms with E-state index in [4.69, 9.17) is 27.9 Å². The van der Waals surface area contributed by atoms with Crippen LogP contribution in [0.2, 0.25) is 10.0 Å². The van der Waals surface area contributed by atoms with E-state index in [0.29, 0.717) is 35.4 Å². The van der Waals surface area contributed by atoms with Crippen molar-refractivity contribution in [2.45, 2.75) is 6.10 Å². The molecule has 4 nitrogen and oxygen atoms in total. The van der Waals surface area contributed by atoms with Crippen molar-refractivity contribution in [3.63, 3.8) is 0 Å². The Morgan fingerprint density at radius 1 is 1.08 bits per heavy atom. The number of carbonyl (C=O) groups excluding carboxylic acids is 1. The first kappa shape index (κ1) is 17.3. The summed E-state index contributed by atoms with van der Waals surface area (Å²) in [4.78, 5) is 19.0. The highest BCUT2D eigenvalue weighted by Crippen LogP contribution is 2.29. The molecule has 1 aromatic heterocycles. The van der Waals surface area contributed by atoms with Crippen LogP contribution >= 0.6 is 23.2 Å². The molecule has 0 aliphatic carbocycles. The zero-order valence-electron chi connectivity index (χ0n) is 13.9. The highest BCUT2D eigenvalue weighted by Gasteiger charge is 2.27. The summed E-state index contributed by atoms with van der Waals surface area (Å²) in [6.45, 7) is 1.45. The quantitative estimate of drug-likeness (QED) is 0.637. The molecule has 1 aliphatic rings. The average Bonchev–Trinajstić information content (AvgIpc) is 2.69. The molecule has 132 valence electrons. The third kappa shape index (κ3) is 3.40. The van der Waals surface area contributed by atoms with E-state index in [0.717, 1.165) is 16.3 Å². The van der Waals surface area contributed by atoms with Gasteiger partial charge in [-0.25, -0.2) is 0 Å². The van der Waals surface area contributed by atoms with E-state index in [1.165, 1.54) is 0 Å². The monoisotopic (exact) mass is 386 g/mol. The molecule has 2 heterocycles. The van der Waals surface area contributed by atoms with Gasteiger partial charge in [-0.15, -0.1) is 0 Å². The fraction of sp³-hybridized carbons (Fsp3) is 0.200. The summed E-state index contributed by atoms with van der Waals surface area (Å²) in [5.41, 5.74) is 1.35. The standard InChI is InChI=1S/C20H16Cl2N2O2/c21-16-6-5-14(9-17(16)22)19-12-24(7-8-26-19)20(25)18-10-13-3-1-2-4-15(13)11-23-18/h1-6,9-11,19H,7-8,12H2/t19-/m1/s1. The molecule has 6 heteroatoms. The van der Waals surface area contributed by atoms with Gasteiger partial charge in [0.15, 0.2) is 0 Å². The Labute approximate surface area is 161 Å². The SMILES string of the molecule is O=C(c1cc2ccccc2cn1)N1CCO[C@@H](c2ccc(Cl)c(Cl)c2)C1. The molecular formula is C20H16Cl2N2O2. The predicted molar refractivity (Wildman–Crippen MR) is 103 cm³/mol. The number of halogens is 2. The first-order valence-corrected chi connectivity index (χ1v) is 9.08. The molecule has 1 amide bonds. The number of aromatic nitrogens is 1. The van der Waals surface area contributed by atoms with Crippen LogP contribution < -0.4 is 0 Å². The lowest BCUT2D eigenvalue weighted by atomic mass is 10.1. The number of pyridine rings is 1. The van der Waals surface area contributed by atoms with E-state index in [1.807, 2.05) is 36.4 Å². The topological polar surface area (TPSA) is 42.4 Å². The van der Waals surface area contributed by atoms with Crippen LogP contribution in [0.4, 0.5) is 0 Å². The zero-order chi connectivity index (χ0) is 18.1. The number of amides is 1. The van der Waals surface area contributed by atoms with Gasteiger partial charge in [0.25, 0.3) is 5.91 Å². The maximum atomic E-state index is 12.9. The van der Waals surface area contributed by atoms with Crippen LogP contribution in [-0.2, 0) is 4.74 Å². The van der Waals surface area contributed by atoms with Crippen molar-refractivity contribution in [2.24, 2.45) is 0 Å². The number of carbonyl (C=O) groups is 1. The number of rotatable bonds is 2. The lowest BCUT2D eigenvalue weighted by molar-refractivity contribution is -0.0230. The Balaban J connectivity index is 1.56. The molecule has 4 rings (SSSR count). The Morgan fingerprint density at radius 3 is 2.69 bits per heavy atom. The third-order valence-electron chi connectivity index (χ3n) is 4.52. The van der Waals surface area contributed by atoms with Gasteiger partial charge < -0.3 is 9.64 Å². The number of nitrogens with zero attached hydrogens (tertiary/aromatic N) is 2. The molecule has 3 aromatic rings. The van der Waals surface area contributed by atoms with Crippen molar-refractivity contribution >= 4 is 39.9 Å². The molecule has 1 fully saturated rings. The molecule has 0 spiro atoms. The highest BCUT2D eigenvalue weighted by molar-refractivity contribution is 6.42. The fourth-order valence-corrected chi connectivity index (χ4v) is 3.42. The summed E-state index contributed by atoms with van der Waals surface area (Å²) in [5, 5.41) is 2.99. The summed E-state index contributed by atoms with van der Waals surface area (Å²) < 4.78 is 5.83. The second-order valence-corrected chi connectivity index (χ2v) is 7.02. The Morgan fingerprint density at radius 2 is 1.88 bits per heavy atom. The van der Waals surface area contributed by atoms with E-state index in [9.17, 15) is 4.79 Å². The summed E-state index contributed by atoms with van der Waals surface area (Å²) >= 11 is 12.1. The number of ether oxygens (including phenoxy) is 1. The molecule has 1 saturated heterocycles. The Kier molecular flexibility index (Phi) is 4.81. The van der Waals surface area contributed by atoms with Gasteiger partial charge in [0.05, 0.1) is 23.2 Å². The second kappa shape index (κ2) is 7.23. The van der Waals surface area contributed by atoms with Crippen LogP contribution in [0.1, 0.15) is 22.2 Å². The van der Waals surface area contributed by atoms with Gasteiger partial charge >= 0.3 is 0 Å². The lowest BCUT2D eigenvalue weighted by Crippen LogP contribution is -2.42. The number of benzene rings is 2. The summed E-state index contributed by atoms with van der Waals surface area (Å²) in [7, 11) is 0. The van der Waals surface area contributed by atoms with Crippen molar-refractivity contribution in [1.82, 2.24) is 9.88 Å². The Bertz CT molecular complexity index is 977. The molecular weight excluding hydrogens is 371 g/mol. The lowest BCUT2D eigenvalue weighted by Gasteiger charge is -2.33. The third-order valence-corrected chi connectivity index (χ3v) is 5.26. The smallest absolute Gasteiger partial charge is 0.272 e. The van der Waals surface area contributed by atoms with Crippen LogP contribution in [0.3, 0.4) is 0 Å². The van der Waals surface area contributed by atoms with Gasteiger partial charge in [-0.1, -0.05) is 53.5 Å². The van der Waals surface area contributed by atoms with Gasteiger partial charge in [0, 0.05) is 18.1 Å². The molecule has 0 N–H and O–H groups in total. The molecule has 0 bridgehead atoms. The second-order valence-electron chi connectivity index (χ2n) is 6.20. The Hall–Kier alpha value is -2.14. The molecule has 0 unspecified atom stereocenters. The molecule has 1 atom stereocenters. The van der Waals surface area contributed by atoms with Gasteiger partial charge in [-0.2, -0.15) is 0 Å². The first-order chi connectivity index (χ1) is 12.6. The van der Waals surface area contributed by atoms with E-state index in [2.05, 4.69) is 4.98 Å². The van der Waals surface area contributed by atoms with Crippen LogP contribution in [-0.4, -0.2) is 35.5 Å². The summed E-state index contributed by atoms with van der Waals surface area (Å²) in [6.07, 6.45) is 1.50. The van der Waals surface area contributed by atoms with Crippen LogP contribution in [0.5, 0.6) is 0 Å². The summed E-state index contributed by atoms with van der Waals surface area (Å²) in [5.74, 6) is -0.0934. The van der Waals surface area contributed by atoms with Crippen molar-refractivity contribution in [1.29, 1.82) is 0 Å². The van der Waals surface area contributed by atoms with E-state index in [1.54, 1.807) is 23.2 Å². The minimum Gasteiger partial charge on any atom is -0.370 e. The van der Waals surface area contributed by atoms with E-state index in [-0.39, 0.29) is 12.0 Å². The van der Waals surface area contributed by atoms with Gasteiger partial charge in [0.1, 0.15) is 11.8 Å². The number of hydrogen-bond donors (Lipinski definition) is 0. The maximum absolute atomic E-state index is 12.9. The largest absolute Gasteiger partial charge is 0.370 e. The van der Waals surface area contributed by atoms with E-state index < -0.39 is 0 Å². The minimum absolute atomic E-state index is 0.0934. The molecule has 2 aromatic carbocycles. The number of hydrogen-bond acceptors (Lipinski definition) is 3. The van der Waals surface area contributed by atoms with Crippen molar-refractivity contribution < 1.29 is 9.53 Å². The van der Waals surface area contributed by atoms with Crippen molar-refractivity contribution in [3.05, 3.63) is 76.0 Å². The van der Waals surface area contributed by atoms with Gasteiger partial charge in [-0.3, -0.25) is 9.78 Å². The first-order valence-electron chi connectivity index (χ1n) is 8.32. The predicted octanol–water partition coefficient (Wildman–Crippen LogP) is 4.76. The van der Waals surface area contributed by atoms with Gasteiger partial charge in [0.2, 0.25) is 0 Å². The zero-order valence-corrected chi connectivity index (χ0v) is 15.4. The van der Waals surface area contributed by atoms with Crippen LogP contribution in [0.15, 0.2) is 54.7 Å². The highest BCUT2D eigenvalue weighted by atomic mass is 35.5. The molecule has 26 heavy (non-hydrogen) atoms. The van der Waals surface area contributed by atoms with Gasteiger partial charge in [-0.05, 0) is 29.1 Å². The van der Waals surface area contributed by atoms with E-state index >= 15 is 0 Å².